The molecule has 148 valence electrons. The molecule has 4 heterocycles. The van der Waals surface area contributed by atoms with Gasteiger partial charge in [0.05, 0.1) is 13.2 Å². The third-order valence-electron chi connectivity index (χ3n) is 5.48. The molecule has 2 aliphatic heterocycles. The number of aryl methyl sites for hydroxylation is 1. The predicted molar refractivity (Wildman–Crippen MR) is 118 cm³/mol. The van der Waals surface area contributed by atoms with E-state index in [2.05, 4.69) is 37.9 Å². The van der Waals surface area contributed by atoms with Gasteiger partial charge in [-0.05, 0) is 31.2 Å². The highest BCUT2D eigenvalue weighted by Gasteiger charge is 2.42. The first kappa shape index (κ1) is 20.5. The molecular weight excluding hydrogens is 475 g/mol. The summed E-state index contributed by atoms with van der Waals surface area (Å²) in [5.41, 5.74) is 0.312. The molecule has 0 amide bonds. The van der Waals surface area contributed by atoms with Crippen molar-refractivity contribution in [3.63, 3.8) is 0 Å². The summed E-state index contributed by atoms with van der Waals surface area (Å²) in [5.74, 6) is 2.75. The van der Waals surface area contributed by atoms with Crippen LogP contribution in [0.2, 0.25) is 0 Å². The van der Waals surface area contributed by atoms with Gasteiger partial charge >= 0.3 is 0 Å². The molecule has 2 aromatic heterocycles. The SMILES string of the molecule is Cc1nnc(CN=C(NCc2cccs2)N2CCC3(CCOC3)C2)n1C.I. The van der Waals surface area contributed by atoms with Gasteiger partial charge in [-0.2, -0.15) is 0 Å². The summed E-state index contributed by atoms with van der Waals surface area (Å²) in [6, 6.07) is 4.24. The minimum Gasteiger partial charge on any atom is -0.381 e. The predicted octanol–water partition coefficient (Wildman–Crippen LogP) is 2.56. The van der Waals surface area contributed by atoms with E-state index < -0.39 is 0 Å². The molecular formula is C18H27IN6OS. The molecule has 1 spiro atoms. The van der Waals surface area contributed by atoms with Crippen molar-refractivity contribution in [2.45, 2.75) is 32.9 Å². The number of ether oxygens (including phenoxy) is 1. The summed E-state index contributed by atoms with van der Waals surface area (Å²) < 4.78 is 7.67. The highest BCUT2D eigenvalue weighted by Crippen LogP contribution is 2.38. The van der Waals surface area contributed by atoms with Crippen LogP contribution in [-0.4, -0.2) is 51.9 Å². The summed E-state index contributed by atoms with van der Waals surface area (Å²) in [7, 11) is 1.99. The summed E-state index contributed by atoms with van der Waals surface area (Å²) in [4.78, 5) is 8.57. The molecule has 1 unspecified atom stereocenters. The Labute approximate surface area is 181 Å². The Bertz CT molecular complexity index is 769. The number of aliphatic imine (C=N–C) groups is 1. The topological polar surface area (TPSA) is 67.6 Å². The third-order valence-corrected chi connectivity index (χ3v) is 6.35. The summed E-state index contributed by atoms with van der Waals surface area (Å²) in [6.45, 7) is 7.10. The number of hydrogen-bond acceptors (Lipinski definition) is 5. The van der Waals surface area contributed by atoms with Gasteiger partial charge < -0.3 is 19.5 Å². The van der Waals surface area contributed by atoms with E-state index in [1.54, 1.807) is 11.3 Å². The zero-order valence-corrected chi connectivity index (χ0v) is 19.0. The van der Waals surface area contributed by atoms with E-state index in [0.717, 1.165) is 56.9 Å². The molecule has 0 bridgehead atoms. The van der Waals surface area contributed by atoms with Crippen LogP contribution in [0.5, 0.6) is 0 Å². The Hall–Kier alpha value is -1.20. The van der Waals surface area contributed by atoms with Crippen molar-refractivity contribution in [3.8, 4) is 0 Å². The van der Waals surface area contributed by atoms with Crippen LogP contribution in [-0.2, 0) is 24.9 Å². The van der Waals surface area contributed by atoms with Crippen LogP contribution in [0.4, 0.5) is 0 Å². The van der Waals surface area contributed by atoms with Crippen LogP contribution in [0.15, 0.2) is 22.5 Å². The minimum absolute atomic E-state index is 0. The fraction of sp³-hybridized carbons (Fsp3) is 0.611. The zero-order valence-electron chi connectivity index (χ0n) is 15.8. The van der Waals surface area contributed by atoms with Crippen molar-refractivity contribution in [1.29, 1.82) is 0 Å². The Morgan fingerprint density at radius 1 is 1.41 bits per heavy atom. The number of hydrogen-bond donors (Lipinski definition) is 1. The van der Waals surface area contributed by atoms with Crippen molar-refractivity contribution in [2.24, 2.45) is 17.5 Å². The molecule has 7 nitrogen and oxygen atoms in total. The van der Waals surface area contributed by atoms with Gasteiger partial charge in [-0.25, -0.2) is 4.99 Å². The summed E-state index contributed by atoms with van der Waals surface area (Å²) in [5, 5.41) is 14.0. The molecule has 2 saturated heterocycles. The maximum atomic E-state index is 5.67. The first-order chi connectivity index (χ1) is 12.7. The van der Waals surface area contributed by atoms with E-state index in [1.807, 2.05) is 18.5 Å². The largest absolute Gasteiger partial charge is 0.381 e. The molecule has 1 atom stereocenters. The second kappa shape index (κ2) is 8.87. The van der Waals surface area contributed by atoms with Crippen molar-refractivity contribution in [1.82, 2.24) is 25.0 Å². The van der Waals surface area contributed by atoms with Crippen molar-refractivity contribution >= 4 is 41.3 Å². The number of rotatable bonds is 4. The Morgan fingerprint density at radius 3 is 2.96 bits per heavy atom. The molecule has 0 aliphatic carbocycles. The van der Waals surface area contributed by atoms with E-state index in [-0.39, 0.29) is 24.0 Å². The number of nitrogens with zero attached hydrogens (tertiary/aromatic N) is 5. The lowest BCUT2D eigenvalue weighted by atomic mass is 9.87. The van der Waals surface area contributed by atoms with Crippen molar-refractivity contribution in [3.05, 3.63) is 34.0 Å². The van der Waals surface area contributed by atoms with Crippen LogP contribution in [0.1, 0.15) is 29.4 Å². The van der Waals surface area contributed by atoms with E-state index in [1.165, 1.54) is 11.3 Å². The molecule has 0 radical (unpaired) electrons. The molecule has 2 aliphatic rings. The standard InChI is InChI=1S/C18H26N6OS.HI/c1-14-21-22-16(23(14)2)11-20-17(19-10-15-4-3-9-26-15)24-7-5-18(12-24)6-8-25-13-18;/h3-4,9H,5-8,10-13H2,1-2H3,(H,19,20);1H. The lowest BCUT2D eigenvalue weighted by molar-refractivity contribution is 0.156. The lowest BCUT2D eigenvalue weighted by Crippen LogP contribution is -2.41. The number of halogens is 1. The maximum absolute atomic E-state index is 5.67. The fourth-order valence-electron chi connectivity index (χ4n) is 3.67. The summed E-state index contributed by atoms with van der Waals surface area (Å²) >= 11 is 1.76. The smallest absolute Gasteiger partial charge is 0.194 e. The normalized spacial score (nSPS) is 22.4. The van der Waals surface area contributed by atoms with Gasteiger partial charge in [0.25, 0.3) is 0 Å². The van der Waals surface area contributed by atoms with Crippen molar-refractivity contribution in [2.75, 3.05) is 26.3 Å². The number of guanidine groups is 1. The first-order valence-corrected chi connectivity index (χ1v) is 10.0. The zero-order chi connectivity index (χ0) is 18.0. The van der Waals surface area contributed by atoms with E-state index in [0.29, 0.717) is 12.0 Å². The second-order valence-corrected chi connectivity index (χ2v) is 8.30. The fourth-order valence-corrected chi connectivity index (χ4v) is 4.31. The van der Waals surface area contributed by atoms with Gasteiger partial charge in [0.1, 0.15) is 12.4 Å². The van der Waals surface area contributed by atoms with Gasteiger partial charge in [0.2, 0.25) is 0 Å². The molecule has 1 N–H and O–H groups in total. The monoisotopic (exact) mass is 502 g/mol. The quantitative estimate of drug-likeness (QED) is 0.396. The Morgan fingerprint density at radius 2 is 2.30 bits per heavy atom. The van der Waals surface area contributed by atoms with Gasteiger partial charge in [0, 0.05) is 37.0 Å². The molecule has 27 heavy (non-hydrogen) atoms. The minimum atomic E-state index is 0. The maximum Gasteiger partial charge on any atom is 0.194 e. The molecule has 0 saturated carbocycles. The van der Waals surface area contributed by atoms with Crippen molar-refractivity contribution < 1.29 is 4.74 Å². The molecule has 9 heteroatoms. The van der Waals surface area contributed by atoms with Gasteiger partial charge in [0.15, 0.2) is 11.8 Å². The third kappa shape index (κ3) is 4.62. The number of aromatic nitrogens is 3. The number of nitrogens with one attached hydrogen (secondary N) is 1. The molecule has 2 aromatic rings. The van der Waals surface area contributed by atoms with E-state index in [9.17, 15) is 0 Å². The molecule has 4 rings (SSSR count). The number of thiophene rings is 1. The van der Waals surface area contributed by atoms with E-state index >= 15 is 0 Å². The van der Waals surface area contributed by atoms with Crippen LogP contribution < -0.4 is 5.32 Å². The summed E-state index contributed by atoms with van der Waals surface area (Å²) in [6.07, 6.45) is 2.33. The average Bonchev–Trinajstić information content (AvgIpc) is 3.43. The lowest BCUT2D eigenvalue weighted by Gasteiger charge is -2.25. The van der Waals surface area contributed by atoms with Crippen LogP contribution in [0.25, 0.3) is 0 Å². The molecule has 0 aromatic carbocycles. The van der Waals surface area contributed by atoms with Crippen LogP contribution in [0.3, 0.4) is 0 Å². The Balaban J connectivity index is 0.00000210. The van der Waals surface area contributed by atoms with Crippen LogP contribution in [0, 0.1) is 12.3 Å². The average molecular weight is 502 g/mol. The molecule has 2 fully saturated rings. The van der Waals surface area contributed by atoms with Crippen LogP contribution >= 0.6 is 35.3 Å². The van der Waals surface area contributed by atoms with Gasteiger partial charge in [-0.15, -0.1) is 45.5 Å². The van der Waals surface area contributed by atoms with E-state index in [4.69, 9.17) is 9.73 Å². The van der Waals surface area contributed by atoms with Gasteiger partial charge in [-0.1, -0.05) is 6.07 Å². The Kier molecular flexibility index (Phi) is 6.74. The number of likely N-dealkylation sites (tertiary alicyclic amines) is 1. The second-order valence-electron chi connectivity index (χ2n) is 7.27. The van der Waals surface area contributed by atoms with Gasteiger partial charge in [-0.3, -0.25) is 0 Å². The highest BCUT2D eigenvalue weighted by atomic mass is 127. The first-order valence-electron chi connectivity index (χ1n) is 9.13. The highest BCUT2D eigenvalue weighted by molar-refractivity contribution is 14.0.